The highest BCUT2D eigenvalue weighted by atomic mass is 16.5. The highest BCUT2D eigenvalue weighted by Crippen LogP contribution is 2.11. The molecular weight excluding hydrogens is 208 g/mol. The van der Waals surface area contributed by atoms with Crippen LogP contribution in [0.1, 0.15) is 27.6 Å². The number of aromatic carboxylic acids is 1. The number of terminal acetylenes is 1. The normalized spacial score (nSPS) is 11.2. The Bertz CT molecular complexity index is 456. The van der Waals surface area contributed by atoms with Crippen molar-refractivity contribution >= 4 is 11.9 Å². The van der Waals surface area contributed by atoms with E-state index in [0.717, 1.165) is 0 Å². The Kier molecular flexibility index (Phi) is 3.67. The summed E-state index contributed by atoms with van der Waals surface area (Å²) in [6, 6.07) is 5.81. The highest BCUT2D eigenvalue weighted by Gasteiger charge is 2.18. The molecule has 0 spiro atoms. The van der Waals surface area contributed by atoms with E-state index < -0.39 is 18.0 Å². The van der Waals surface area contributed by atoms with Gasteiger partial charge in [-0.25, -0.2) is 9.59 Å². The molecule has 0 aliphatic rings. The summed E-state index contributed by atoms with van der Waals surface area (Å²) < 4.78 is 4.84. The molecule has 0 aliphatic heterocycles. The maximum absolute atomic E-state index is 11.6. The average molecular weight is 218 g/mol. The molecule has 0 aliphatic carbocycles. The van der Waals surface area contributed by atoms with E-state index >= 15 is 0 Å². The summed E-state index contributed by atoms with van der Waals surface area (Å²) in [6.07, 6.45) is 4.37. The first-order chi connectivity index (χ1) is 7.56. The molecule has 0 saturated carbocycles. The zero-order valence-electron chi connectivity index (χ0n) is 8.64. The topological polar surface area (TPSA) is 63.6 Å². The first-order valence-corrected chi connectivity index (χ1v) is 4.55. The van der Waals surface area contributed by atoms with Crippen molar-refractivity contribution in [2.45, 2.75) is 13.0 Å². The molecule has 0 amide bonds. The Morgan fingerprint density at radius 2 is 1.94 bits per heavy atom. The molecule has 1 aromatic carbocycles. The fourth-order valence-electron chi connectivity index (χ4n) is 1.11. The first-order valence-electron chi connectivity index (χ1n) is 4.55. The summed E-state index contributed by atoms with van der Waals surface area (Å²) in [4.78, 5) is 22.4. The van der Waals surface area contributed by atoms with Crippen molar-refractivity contribution in [1.29, 1.82) is 0 Å². The van der Waals surface area contributed by atoms with Gasteiger partial charge in [-0.3, -0.25) is 0 Å². The van der Waals surface area contributed by atoms with Crippen LogP contribution in [0.2, 0.25) is 0 Å². The van der Waals surface area contributed by atoms with Crippen LogP contribution in [0.3, 0.4) is 0 Å². The molecular formula is C12H10O4. The Morgan fingerprint density at radius 1 is 1.38 bits per heavy atom. The van der Waals surface area contributed by atoms with Crippen molar-refractivity contribution in [2.24, 2.45) is 0 Å². The molecule has 4 heteroatoms. The number of hydrogen-bond acceptors (Lipinski definition) is 3. The van der Waals surface area contributed by atoms with Crippen LogP contribution >= 0.6 is 0 Å². The van der Waals surface area contributed by atoms with Gasteiger partial charge < -0.3 is 9.84 Å². The lowest BCUT2D eigenvalue weighted by Crippen LogP contribution is -2.16. The van der Waals surface area contributed by atoms with E-state index in [-0.39, 0.29) is 11.1 Å². The van der Waals surface area contributed by atoms with Crippen molar-refractivity contribution in [2.75, 3.05) is 0 Å². The molecule has 1 unspecified atom stereocenters. The van der Waals surface area contributed by atoms with Crippen LogP contribution in [0.15, 0.2) is 24.3 Å². The van der Waals surface area contributed by atoms with E-state index in [2.05, 4.69) is 5.92 Å². The van der Waals surface area contributed by atoms with Gasteiger partial charge in [0, 0.05) is 0 Å². The molecule has 0 radical (unpaired) electrons. The van der Waals surface area contributed by atoms with Gasteiger partial charge in [-0.05, 0) is 19.1 Å². The average Bonchev–Trinajstić information content (AvgIpc) is 2.28. The van der Waals surface area contributed by atoms with Crippen LogP contribution in [-0.4, -0.2) is 23.1 Å². The van der Waals surface area contributed by atoms with Crippen LogP contribution in [0.4, 0.5) is 0 Å². The summed E-state index contributed by atoms with van der Waals surface area (Å²) in [7, 11) is 0. The summed E-state index contributed by atoms with van der Waals surface area (Å²) in [5, 5.41) is 8.86. The smallest absolute Gasteiger partial charge is 0.340 e. The van der Waals surface area contributed by atoms with Gasteiger partial charge in [0.2, 0.25) is 0 Å². The fourth-order valence-corrected chi connectivity index (χ4v) is 1.11. The van der Waals surface area contributed by atoms with Crippen molar-refractivity contribution in [1.82, 2.24) is 0 Å². The van der Waals surface area contributed by atoms with Gasteiger partial charge in [-0.2, -0.15) is 0 Å². The highest BCUT2D eigenvalue weighted by molar-refractivity contribution is 6.02. The van der Waals surface area contributed by atoms with Gasteiger partial charge >= 0.3 is 11.9 Å². The number of carboxylic acids is 1. The van der Waals surface area contributed by atoms with Gasteiger partial charge in [0.05, 0.1) is 11.1 Å². The zero-order chi connectivity index (χ0) is 12.1. The summed E-state index contributed by atoms with van der Waals surface area (Å²) >= 11 is 0. The lowest BCUT2D eigenvalue weighted by atomic mass is 10.1. The third kappa shape index (κ3) is 2.61. The van der Waals surface area contributed by atoms with Crippen LogP contribution in [0, 0.1) is 12.3 Å². The largest absolute Gasteiger partial charge is 0.478 e. The van der Waals surface area contributed by atoms with Gasteiger partial charge in [0.15, 0.2) is 6.10 Å². The molecule has 1 aromatic rings. The lowest BCUT2D eigenvalue weighted by Gasteiger charge is -2.08. The molecule has 1 atom stereocenters. The summed E-state index contributed by atoms with van der Waals surface area (Å²) in [5.41, 5.74) is -0.103. The van der Waals surface area contributed by atoms with Crippen molar-refractivity contribution in [3.8, 4) is 12.3 Å². The zero-order valence-corrected chi connectivity index (χ0v) is 8.64. The number of rotatable bonds is 3. The minimum atomic E-state index is -1.18. The van der Waals surface area contributed by atoms with Gasteiger partial charge in [-0.1, -0.05) is 18.1 Å². The minimum absolute atomic E-state index is 0.00269. The third-order valence-electron chi connectivity index (χ3n) is 1.90. The van der Waals surface area contributed by atoms with Crippen LogP contribution in [-0.2, 0) is 4.74 Å². The van der Waals surface area contributed by atoms with Crippen LogP contribution in [0.5, 0.6) is 0 Å². The maximum atomic E-state index is 11.6. The monoisotopic (exact) mass is 218 g/mol. The second-order valence-electron chi connectivity index (χ2n) is 3.06. The van der Waals surface area contributed by atoms with E-state index in [1.54, 1.807) is 6.07 Å². The van der Waals surface area contributed by atoms with E-state index in [9.17, 15) is 9.59 Å². The van der Waals surface area contributed by atoms with E-state index in [4.69, 9.17) is 16.3 Å². The number of carbonyl (C=O) groups excluding carboxylic acids is 1. The quantitative estimate of drug-likeness (QED) is 0.617. The molecule has 4 nitrogen and oxygen atoms in total. The Morgan fingerprint density at radius 3 is 2.44 bits per heavy atom. The number of esters is 1. The summed E-state index contributed by atoms with van der Waals surface area (Å²) in [5.74, 6) is 0.311. The van der Waals surface area contributed by atoms with Gasteiger partial charge in [-0.15, -0.1) is 6.42 Å². The standard InChI is InChI=1S/C12H10O4/c1-3-8(2)16-12(15)10-7-5-4-6-9(10)11(13)14/h1,4-8H,2H3,(H,13,14). The molecule has 1 rings (SSSR count). The Labute approximate surface area is 92.9 Å². The number of carbonyl (C=O) groups is 2. The van der Waals surface area contributed by atoms with Gasteiger partial charge in [0.1, 0.15) is 0 Å². The lowest BCUT2D eigenvalue weighted by molar-refractivity contribution is 0.0430. The van der Waals surface area contributed by atoms with Crippen molar-refractivity contribution in [3.63, 3.8) is 0 Å². The second kappa shape index (κ2) is 4.99. The SMILES string of the molecule is C#CC(C)OC(=O)c1ccccc1C(=O)O. The molecule has 16 heavy (non-hydrogen) atoms. The number of benzene rings is 1. The minimum Gasteiger partial charge on any atom is -0.478 e. The molecule has 0 bridgehead atoms. The molecule has 82 valence electrons. The predicted molar refractivity (Wildman–Crippen MR) is 57.1 cm³/mol. The molecule has 1 N–H and O–H groups in total. The maximum Gasteiger partial charge on any atom is 0.340 e. The second-order valence-corrected chi connectivity index (χ2v) is 3.06. The van der Waals surface area contributed by atoms with Crippen molar-refractivity contribution < 1.29 is 19.4 Å². The molecule has 0 saturated heterocycles. The summed E-state index contributed by atoms with van der Waals surface area (Å²) in [6.45, 7) is 1.53. The number of carboxylic acid groups (broad SMARTS) is 1. The Hall–Kier alpha value is -2.28. The van der Waals surface area contributed by atoms with Crippen molar-refractivity contribution in [3.05, 3.63) is 35.4 Å². The van der Waals surface area contributed by atoms with E-state index in [1.807, 2.05) is 0 Å². The predicted octanol–water partition coefficient (Wildman–Crippen LogP) is 1.56. The number of hydrogen-bond donors (Lipinski definition) is 1. The van der Waals surface area contributed by atoms with E-state index in [1.165, 1.54) is 25.1 Å². The van der Waals surface area contributed by atoms with Crippen LogP contribution < -0.4 is 0 Å². The van der Waals surface area contributed by atoms with Gasteiger partial charge in [0.25, 0.3) is 0 Å². The van der Waals surface area contributed by atoms with Crippen LogP contribution in [0.25, 0.3) is 0 Å². The molecule has 0 aromatic heterocycles. The molecule has 0 heterocycles. The molecule has 0 fully saturated rings. The van der Waals surface area contributed by atoms with E-state index in [0.29, 0.717) is 0 Å². The third-order valence-corrected chi connectivity index (χ3v) is 1.90. The Balaban J connectivity index is 3.00. The fraction of sp³-hybridized carbons (Fsp3) is 0.167. The first kappa shape index (κ1) is 11.8. The number of ether oxygens (including phenoxy) is 1.